The second-order valence-corrected chi connectivity index (χ2v) is 6.86. The molecule has 3 rings (SSSR count). The molecule has 28 heavy (non-hydrogen) atoms. The van der Waals surface area contributed by atoms with Gasteiger partial charge >= 0.3 is 5.97 Å². The van der Waals surface area contributed by atoms with E-state index in [1.54, 1.807) is 6.20 Å². The Morgan fingerprint density at radius 2 is 2.00 bits per heavy atom. The van der Waals surface area contributed by atoms with Gasteiger partial charge in [0.15, 0.2) is 11.4 Å². The summed E-state index contributed by atoms with van der Waals surface area (Å²) < 4.78 is 4.74. The molecule has 0 spiro atoms. The zero-order valence-corrected chi connectivity index (χ0v) is 16.6. The van der Waals surface area contributed by atoms with E-state index in [4.69, 9.17) is 4.74 Å². The first-order valence-corrected chi connectivity index (χ1v) is 9.76. The molecule has 0 bridgehead atoms. The standard InChI is InChI=1S/C21H23N3O3S/c1-27-21(26)18-19(25)17-16(20(24-18)22-9-5-6-10-28)12-15(13-23-17)11-14-7-3-2-4-8-14/h2-4,7-8,12-13,25,28H,5-6,9-11H2,1H3,(H,22,24). The zero-order chi connectivity index (χ0) is 19.9. The number of benzene rings is 1. The van der Waals surface area contributed by atoms with Crippen LogP contribution in [-0.4, -0.2) is 40.5 Å². The number of rotatable bonds is 8. The lowest BCUT2D eigenvalue weighted by Crippen LogP contribution is -2.11. The number of methoxy groups -OCH3 is 1. The third-order valence-corrected chi connectivity index (χ3v) is 4.70. The molecule has 0 saturated heterocycles. The first kappa shape index (κ1) is 19.9. The van der Waals surface area contributed by atoms with Gasteiger partial charge in [0, 0.05) is 18.1 Å². The molecule has 2 N–H and O–H groups in total. The second-order valence-electron chi connectivity index (χ2n) is 6.41. The van der Waals surface area contributed by atoms with Crippen molar-refractivity contribution in [3.8, 4) is 5.75 Å². The number of thiol groups is 1. The number of nitrogens with one attached hydrogen (secondary N) is 1. The average Bonchev–Trinajstić information content (AvgIpc) is 2.73. The Hall–Kier alpha value is -2.80. The molecule has 0 unspecified atom stereocenters. The zero-order valence-electron chi connectivity index (χ0n) is 15.7. The van der Waals surface area contributed by atoms with Crippen molar-refractivity contribution in [3.63, 3.8) is 0 Å². The Kier molecular flexibility index (Phi) is 6.71. The number of carbonyl (C=O) groups excluding carboxylic acids is 1. The van der Waals surface area contributed by atoms with Gasteiger partial charge in [0.2, 0.25) is 0 Å². The maximum absolute atomic E-state index is 12.0. The lowest BCUT2D eigenvalue weighted by Gasteiger charge is -2.13. The van der Waals surface area contributed by atoms with Gasteiger partial charge in [-0.1, -0.05) is 30.3 Å². The number of pyridine rings is 2. The first-order valence-electron chi connectivity index (χ1n) is 9.12. The summed E-state index contributed by atoms with van der Waals surface area (Å²) in [6, 6.07) is 12.0. The van der Waals surface area contributed by atoms with Crippen LogP contribution < -0.4 is 5.32 Å². The number of ether oxygens (including phenoxy) is 1. The highest BCUT2D eigenvalue weighted by molar-refractivity contribution is 7.80. The molecular weight excluding hydrogens is 374 g/mol. The number of aromatic hydroxyl groups is 1. The molecule has 1 aromatic carbocycles. The molecule has 146 valence electrons. The lowest BCUT2D eigenvalue weighted by molar-refractivity contribution is 0.0591. The van der Waals surface area contributed by atoms with E-state index in [-0.39, 0.29) is 11.4 Å². The topological polar surface area (TPSA) is 84.3 Å². The van der Waals surface area contributed by atoms with Crippen LogP contribution in [0, 0.1) is 0 Å². The number of aromatic nitrogens is 2. The number of nitrogens with zero attached hydrogens (tertiary/aromatic N) is 2. The normalized spacial score (nSPS) is 10.8. The number of unbranched alkanes of at least 4 members (excludes halogenated alkanes) is 1. The van der Waals surface area contributed by atoms with E-state index in [1.165, 1.54) is 7.11 Å². The van der Waals surface area contributed by atoms with Gasteiger partial charge in [-0.2, -0.15) is 12.6 Å². The summed E-state index contributed by atoms with van der Waals surface area (Å²) in [4.78, 5) is 20.7. The second kappa shape index (κ2) is 9.41. The van der Waals surface area contributed by atoms with Crippen LogP contribution in [-0.2, 0) is 11.2 Å². The van der Waals surface area contributed by atoms with Crippen LogP contribution in [0.2, 0.25) is 0 Å². The molecule has 0 aliphatic heterocycles. The number of hydrogen-bond acceptors (Lipinski definition) is 7. The highest BCUT2D eigenvalue weighted by atomic mass is 32.1. The van der Waals surface area contributed by atoms with Gasteiger partial charge in [-0.3, -0.25) is 4.98 Å². The molecule has 0 amide bonds. The minimum absolute atomic E-state index is 0.144. The molecule has 0 aliphatic carbocycles. The predicted molar refractivity (Wildman–Crippen MR) is 113 cm³/mol. The van der Waals surface area contributed by atoms with Crippen LogP contribution in [0.4, 0.5) is 5.82 Å². The van der Waals surface area contributed by atoms with Crippen molar-refractivity contribution < 1.29 is 14.6 Å². The highest BCUT2D eigenvalue weighted by Crippen LogP contribution is 2.32. The van der Waals surface area contributed by atoms with Gasteiger partial charge in [-0.25, -0.2) is 9.78 Å². The monoisotopic (exact) mass is 397 g/mol. The molecule has 0 saturated carbocycles. The summed E-state index contributed by atoms with van der Waals surface area (Å²) in [5.41, 5.74) is 2.33. The fourth-order valence-corrected chi connectivity index (χ4v) is 3.18. The van der Waals surface area contributed by atoms with E-state index in [2.05, 4.69) is 40.0 Å². The number of carbonyl (C=O) groups is 1. The van der Waals surface area contributed by atoms with E-state index in [1.807, 2.05) is 24.3 Å². The Morgan fingerprint density at radius 3 is 2.71 bits per heavy atom. The highest BCUT2D eigenvalue weighted by Gasteiger charge is 2.21. The van der Waals surface area contributed by atoms with Gasteiger partial charge in [0.05, 0.1) is 7.11 Å². The van der Waals surface area contributed by atoms with Crippen LogP contribution in [0.1, 0.15) is 34.5 Å². The van der Waals surface area contributed by atoms with Crippen molar-refractivity contribution in [2.24, 2.45) is 0 Å². The van der Waals surface area contributed by atoms with Crippen molar-refractivity contribution >= 4 is 35.3 Å². The number of anilines is 1. The average molecular weight is 398 g/mol. The molecule has 3 aromatic rings. The quantitative estimate of drug-likeness (QED) is 0.304. The predicted octanol–water partition coefficient (Wildman–Crippen LogP) is 3.83. The maximum atomic E-state index is 12.0. The molecule has 0 fully saturated rings. The minimum Gasteiger partial charge on any atom is -0.504 e. The molecule has 0 atom stereocenters. The largest absolute Gasteiger partial charge is 0.504 e. The third-order valence-electron chi connectivity index (χ3n) is 4.38. The van der Waals surface area contributed by atoms with Gasteiger partial charge in [-0.05, 0) is 42.2 Å². The molecule has 7 heteroatoms. The van der Waals surface area contributed by atoms with Crippen LogP contribution in [0.5, 0.6) is 5.75 Å². The van der Waals surface area contributed by atoms with Crippen LogP contribution >= 0.6 is 12.6 Å². The Bertz CT molecular complexity index is 964. The SMILES string of the molecule is COC(=O)c1nc(NCCCCS)c2cc(Cc3ccccc3)cnc2c1O. The fourth-order valence-electron chi connectivity index (χ4n) is 2.96. The first-order chi connectivity index (χ1) is 13.6. The summed E-state index contributed by atoms with van der Waals surface area (Å²) in [5.74, 6) is 0.346. The smallest absolute Gasteiger partial charge is 0.360 e. The number of esters is 1. The van der Waals surface area contributed by atoms with Gasteiger partial charge in [0.25, 0.3) is 0 Å². The van der Waals surface area contributed by atoms with Crippen LogP contribution in [0.25, 0.3) is 10.9 Å². The van der Waals surface area contributed by atoms with Crippen LogP contribution in [0.15, 0.2) is 42.6 Å². The summed E-state index contributed by atoms with van der Waals surface area (Å²) in [6.07, 6.45) is 4.30. The molecule has 0 radical (unpaired) electrons. The van der Waals surface area contributed by atoms with Crippen LogP contribution in [0.3, 0.4) is 0 Å². The van der Waals surface area contributed by atoms with Crippen molar-refractivity contribution in [1.29, 1.82) is 0 Å². The Labute approximate surface area is 169 Å². The summed E-state index contributed by atoms with van der Waals surface area (Å²) in [6.45, 7) is 0.678. The van der Waals surface area contributed by atoms with Gasteiger partial charge < -0.3 is 15.2 Å². The van der Waals surface area contributed by atoms with E-state index in [9.17, 15) is 9.90 Å². The van der Waals surface area contributed by atoms with Gasteiger partial charge in [-0.15, -0.1) is 0 Å². The maximum Gasteiger partial charge on any atom is 0.360 e. The Morgan fingerprint density at radius 1 is 1.21 bits per heavy atom. The lowest BCUT2D eigenvalue weighted by atomic mass is 10.0. The van der Waals surface area contributed by atoms with E-state index >= 15 is 0 Å². The van der Waals surface area contributed by atoms with Gasteiger partial charge in [0.1, 0.15) is 11.3 Å². The Balaban J connectivity index is 2.02. The molecular formula is C21H23N3O3S. The van der Waals surface area contributed by atoms with Crippen molar-refractivity contribution in [3.05, 3.63) is 59.4 Å². The van der Waals surface area contributed by atoms with E-state index in [0.29, 0.717) is 29.7 Å². The number of hydrogen-bond donors (Lipinski definition) is 3. The molecule has 2 aromatic heterocycles. The third kappa shape index (κ3) is 4.54. The summed E-state index contributed by atoms with van der Waals surface area (Å²) in [7, 11) is 1.25. The minimum atomic E-state index is -0.701. The van der Waals surface area contributed by atoms with Crippen molar-refractivity contribution in [2.45, 2.75) is 19.3 Å². The molecule has 6 nitrogen and oxygen atoms in total. The van der Waals surface area contributed by atoms with E-state index in [0.717, 1.165) is 29.7 Å². The molecule has 0 aliphatic rings. The number of fused-ring (bicyclic) bond motifs is 1. The van der Waals surface area contributed by atoms with E-state index < -0.39 is 5.97 Å². The fraction of sp³-hybridized carbons (Fsp3) is 0.286. The molecule has 2 heterocycles. The van der Waals surface area contributed by atoms with Crippen molar-refractivity contribution in [2.75, 3.05) is 24.7 Å². The summed E-state index contributed by atoms with van der Waals surface area (Å²) in [5, 5.41) is 14.4. The van der Waals surface area contributed by atoms with Crippen molar-refractivity contribution in [1.82, 2.24) is 9.97 Å². The summed E-state index contributed by atoms with van der Waals surface area (Å²) >= 11 is 4.22.